The summed E-state index contributed by atoms with van der Waals surface area (Å²) in [4.78, 5) is 48.2. The smallest absolute Gasteiger partial charge is 0.269 e. The Morgan fingerprint density at radius 1 is 0.839 bits per heavy atom. The Kier molecular flexibility index (Phi) is 7.02. The van der Waals surface area contributed by atoms with Crippen LogP contribution in [-0.4, -0.2) is 23.7 Å². The van der Waals surface area contributed by atoms with Crippen LogP contribution in [0.1, 0.15) is 52.0 Å². The minimum Gasteiger partial charge on any atom is -0.550 e. The van der Waals surface area contributed by atoms with Gasteiger partial charge in [0.05, 0.1) is 0 Å². The molecule has 0 unspecified atom stereocenters. The molecule has 3 N–H and O–H groups in total. The highest BCUT2D eigenvalue weighted by Crippen LogP contribution is 2.29. The van der Waals surface area contributed by atoms with Gasteiger partial charge in [0.15, 0.2) is 0 Å². The van der Waals surface area contributed by atoms with Crippen LogP contribution in [0.4, 0.5) is 5.69 Å². The van der Waals surface area contributed by atoms with Gasteiger partial charge in [-0.25, -0.2) is 0 Å². The molecule has 1 saturated carbocycles. The van der Waals surface area contributed by atoms with Crippen LogP contribution >= 0.6 is 0 Å². The number of carboxylic acids is 1. The summed E-state index contributed by atoms with van der Waals surface area (Å²) in [7, 11) is 0. The topological polar surface area (TPSA) is 127 Å². The van der Waals surface area contributed by atoms with Crippen LogP contribution in [0.3, 0.4) is 0 Å². The number of amides is 3. The molecule has 1 aliphatic rings. The van der Waals surface area contributed by atoms with E-state index in [2.05, 4.69) is 16.2 Å². The highest BCUT2D eigenvalue weighted by molar-refractivity contribution is 6.05. The zero-order valence-electron chi connectivity index (χ0n) is 17.1. The van der Waals surface area contributed by atoms with Crippen LogP contribution in [0.2, 0.25) is 0 Å². The van der Waals surface area contributed by atoms with E-state index in [4.69, 9.17) is 0 Å². The fourth-order valence-corrected chi connectivity index (χ4v) is 3.74. The molecule has 0 bridgehead atoms. The van der Waals surface area contributed by atoms with Gasteiger partial charge in [-0.15, -0.1) is 0 Å². The SMILES string of the molecule is Cc1ccccc1C(=O)Nc1ccc(C(=O)NNC(=O)[C@@H]2CCCC[C@@H]2C(=O)[O-])cc1. The van der Waals surface area contributed by atoms with Crippen molar-refractivity contribution in [3.63, 3.8) is 0 Å². The minimum atomic E-state index is -1.24. The average molecular weight is 422 g/mol. The number of anilines is 1. The van der Waals surface area contributed by atoms with Gasteiger partial charge in [-0.05, 0) is 55.7 Å². The molecule has 2 atom stereocenters. The van der Waals surface area contributed by atoms with Crippen molar-refractivity contribution in [2.24, 2.45) is 11.8 Å². The average Bonchev–Trinajstić information content (AvgIpc) is 2.78. The Balaban J connectivity index is 1.55. The zero-order chi connectivity index (χ0) is 22.4. The van der Waals surface area contributed by atoms with Gasteiger partial charge >= 0.3 is 0 Å². The molecule has 0 aliphatic heterocycles. The number of rotatable bonds is 5. The lowest BCUT2D eigenvalue weighted by atomic mass is 9.79. The molecule has 162 valence electrons. The standard InChI is InChI=1S/C23H25N3O5/c1-14-6-2-3-7-17(14)21(28)24-16-12-10-15(11-13-16)20(27)25-26-22(29)18-8-4-5-9-19(18)23(30)31/h2-3,6-7,10-13,18-19H,4-5,8-9H2,1H3,(H,24,28)(H,25,27)(H,26,29)(H,30,31)/p-1/t18-,19+/m1/s1. The lowest BCUT2D eigenvalue weighted by Crippen LogP contribution is -2.49. The molecule has 0 aromatic heterocycles. The van der Waals surface area contributed by atoms with E-state index in [1.165, 1.54) is 12.1 Å². The summed E-state index contributed by atoms with van der Waals surface area (Å²) in [6.07, 6.45) is 2.33. The van der Waals surface area contributed by atoms with Crippen molar-refractivity contribution in [1.82, 2.24) is 10.9 Å². The largest absolute Gasteiger partial charge is 0.550 e. The molecule has 0 saturated heterocycles. The van der Waals surface area contributed by atoms with E-state index >= 15 is 0 Å². The van der Waals surface area contributed by atoms with Crippen LogP contribution in [0, 0.1) is 18.8 Å². The van der Waals surface area contributed by atoms with Crippen LogP contribution in [0.25, 0.3) is 0 Å². The molecule has 0 spiro atoms. The summed E-state index contributed by atoms with van der Waals surface area (Å²) in [5, 5.41) is 14.0. The summed E-state index contributed by atoms with van der Waals surface area (Å²) in [5.41, 5.74) is 6.83. The van der Waals surface area contributed by atoms with Crippen molar-refractivity contribution in [2.45, 2.75) is 32.6 Å². The van der Waals surface area contributed by atoms with Crippen molar-refractivity contribution in [3.8, 4) is 0 Å². The van der Waals surface area contributed by atoms with Crippen molar-refractivity contribution in [1.29, 1.82) is 0 Å². The van der Waals surface area contributed by atoms with Crippen molar-refractivity contribution in [2.75, 3.05) is 5.32 Å². The summed E-state index contributed by atoms with van der Waals surface area (Å²) < 4.78 is 0. The van der Waals surface area contributed by atoms with Gasteiger partial charge in [-0.2, -0.15) is 0 Å². The second kappa shape index (κ2) is 9.88. The predicted molar refractivity (Wildman–Crippen MR) is 112 cm³/mol. The maximum atomic E-state index is 12.4. The Morgan fingerprint density at radius 2 is 1.48 bits per heavy atom. The molecule has 0 heterocycles. The van der Waals surface area contributed by atoms with E-state index in [1.54, 1.807) is 24.3 Å². The Labute approximate surface area is 180 Å². The summed E-state index contributed by atoms with van der Waals surface area (Å²) >= 11 is 0. The van der Waals surface area contributed by atoms with Gasteiger partial charge in [0, 0.05) is 34.6 Å². The number of carbonyl (C=O) groups is 4. The first-order valence-electron chi connectivity index (χ1n) is 10.1. The van der Waals surface area contributed by atoms with Gasteiger partial charge in [-0.1, -0.05) is 31.0 Å². The van der Waals surface area contributed by atoms with Crippen molar-refractivity contribution < 1.29 is 24.3 Å². The first-order valence-corrected chi connectivity index (χ1v) is 10.1. The fraction of sp³-hybridized carbons (Fsp3) is 0.304. The maximum Gasteiger partial charge on any atom is 0.269 e. The lowest BCUT2D eigenvalue weighted by molar-refractivity contribution is -0.314. The number of aryl methyl sites for hydroxylation is 1. The quantitative estimate of drug-likeness (QED) is 0.630. The molecule has 3 amide bonds. The number of hydrogen-bond donors (Lipinski definition) is 3. The lowest BCUT2D eigenvalue weighted by Gasteiger charge is -2.31. The number of hydrogen-bond acceptors (Lipinski definition) is 5. The van der Waals surface area contributed by atoms with Gasteiger partial charge in [-0.3, -0.25) is 25.2 Å². The van der Waals surface area contributed by atoms with E-state index in [0.29, 0.717) is 24.1 Å². The molecule has 2 aromatic rings. The van der Waals surface area contributed by atoms with E-state index in [1.807, 2.05) is 19.1 Å². The highest BCUT2D eigenvalue weighted by Gasteiger charge is 2.32. The normalized spacial score (nSPS) is 18.0. The van der Waals surface area contributed by atoms with Gasteiger partial charge < -0.3 is 15.2 Å². The number of aliphatic carboxylic acids is 1. The molecule has 0 radical (unpaired) electrons. The zero-order valence-corrected chi connectivity index (χ0v) is 17.1. The minimum absolute atomic E-state index is 0.252. The van der Waals surface area contributed by atoms with Crippen LogP contribution in [-0.2, 0) is 9.59 Å². The summed E-state index contributed by atoms with van der Waals surface area (Å²) in [6, 6.07) is 13.4. The third-order valence-electron chi connectivity index (χ3n) is 5.50. The van der Waals surface area contributed by atoms with Crippen LogP contribution in [0.5, 0.6) is 0 Å². The fourth-order valence-electron chi connectivity index (χ4n) is 3.74. The Hall–Kier alpha value is -3.68. The van der Waals surface area contributed by atoms with E-state index in [9.17, 15) is 24.3 Å². The molecule has 31 heavy (non-hydrogen) atoms. The number of nitrogens with one attached hydrogen (secondary N) is 3. The van der Waals surface area contributed by atoms with Crippen LogP contribution < -0.4 is 21.3 Å². The molecule has 8 heteroatoms. The first kappa shape index (κ1) is 22.0. The molecule has 1 fully saturated rings. The summed E-state index contributed by atoms with van der Waals surface area (Å²) in [6.45, 7) is 1.85. The second-order valence-corrected chi connectivity index (χ2v) is 7.61. The maximum absolute atomic E-state index is 12.4. The monoisotopic (exact) mass is 422 g/mol. The number of carboxylic acid groups (broad SMARTS) is 1. The van der Waals surface area contributed by atoms with E-state index in [0.717, 1.165) is 18.4 Å². The molecular weight excluding hydrogens is 398 g/mol. The molecule has 8 nitrogen and oxygen atoms in total. The number of carbonyl (C=O) groups excluding carboxylic acids is 4. The summed E-state index contributed by atoms with van der Waals surface area (Å²) in [5.74, 6) is -4.15. The van der Waals surface area contributed by atoms with Gasteiger partial charge in [0.25, 0.3) is 11.8 Å². The molecule has 1 aliphatic carbocycles. The number of benzene rings is 2. The van der Waals surface area contributed by atoms with E-state index < -0.39 is 29.6 Å². The highest BCUT2D eigenvalue weighted by atomic mass is 16.4. The van der Waals surface area contributed by atoms with Crippen molar-refractivity contribution >= 4 is 29.4 Å². The van der Waals surface area contributed by atoms with Gasteiger partial charge in [0.1, 0.15) is 0 Å². The van der Waals surface area contributed by atoms with E-state index in [-0.39, 0.29) is 11.5 Å². The third-order valence-corrected chi connectivity index (χ3v) is 5.50. The van der Waals surface area contributed by atoms with Gasteiger partial charge in [0.2, 0.25) is 5.91 Å². The molecular formula is C23H24N3O5-. The second-order valence-electron chi connectivity index (χ2n) is 7.61. The predicted octanol–water partition coefficient (Wildman–Crippen LogP) is 1.56. The molecule has 3 rings (SSSR count). The van der Waals surface area contributed by atoms with Crippen LogP contribution in [0.15, 0.2) is 48.5 Å². The Bertz CT molecular complexity index is 987. The number of hydrazine groups is 1. The Morgan fingerprint density at radius 3 is 2.13 bits per heavy atom. The molecule has 2 aromatic carbocycles. The third kappa shape index (κ3) is 5.48. The first-order chi connectivity index (χ1) is 14.9. The van der Waals surface area contributed by atoms with Crippen molar-refractivity contribution in [3.05, 3.63) is 65.2 Å².